The van der Waals surface area contributed by atoms with Gasteiger partial charge in [0, 0.05) is 12.2 Å². The maximum absolute atomic E-state index is 11.8. The molecule has 1 amide bonds. The molecular weight excluding hydrogens is 230 g/mol. The minimum Gasteiger partial charge on any atom is -0.379 e. The number of nitrogens with two attached hydrogens (primary N) is 1. The second-order valence-electron chi connectivity index (χ2n) is 3.64. The van der Waals surface area contributed by atoms with Crippen LogP contribution < -0.4 is 11.1 Å². The number of aromatic nitrogens is 1. The average Bonchev–Trinajstić information content (AvgIpc) is 2.68. The van der Waals surface area contributed by atoms with E-state index in [4.69, 9.17) is 22.1 Å². The van der Waals surface area contributed by atoms with Crippen LogP contribution in [0.1, 0.15) is 0 Å². The Labute approximate surface area is 97.9 Å². The molecule has 0 bridgehead atoms. The van der Waals surface area contributed by atoms with E-state index in [2.05, 4.69) is 10.3 Å². The van der Waals surface area contributed by atoms with Crippen LogP contribution in [0.2, 0.25) is 5.15 Å². The van der Waals surface area contributed by atoms with Gasteiger partial charge in [-0.3, -0.25) is 4.79 Å². The molecule has 0 aliphatic carbocycles. The molecule has 1 aromatic rings. The van der Waals surface area contributed by atoms with Gasteiger partial charge >= 0.3 is 0 Å². The minimum atomic E-state index is -0.323. The molecular formula is C10H12ClN3O2. The van der Waals surface area contributed by atoms with Gasteiger partial charge in [-0.15, -0.1) is 0 Å². The highest BCUT2D eigenvalue weighted by molar-refractivity contribution is 6.32. The highest BCUT2D eigenvalue weighted by atomic mass is 35.5. The van der Waals surface area contributed by atoms with Crippen LogP contribution in [0.3, 0.4) is 0 Å². The Balaban J connectivity index is 2.05. The van der Waals surface area contributed by atoms with Crippen molar-refractivity contribution in [3.63, 3.8) is 0 Å². The van der Waals surface area contributed by atoms with Crippen LogP contribution >= 0.6 is 11.6 Å². The van der Waals surface area contributed by atoms with Crippen molar-refractivity contribution >= 4 is 23.2 Å². The van der Waals surface area contributed by atoms with Crippen LogP contribution in [0.5, 0.6) is 0 Å². The molecule has 86 valence electrons. The number of amides is 1. The Morgan fingerprint density at radius 3 is 3.06 bits per heavy atom. The van der Waals surface area contributed by atoms with Gasteiger partial charge in [0.05, 0.1) is 24.8 Å². The summed E-state index contributed by atoms with van der Waals surface area (Å²) in [6, 6.07) is 3.14. The molecule has 0 saturated carbocycles. The van der Waals surface area contributed by atoms with E-state index in [9.17, 15) is 4.79 Å². The van der Waals surface area contributed by atoms with Crippen LogP contribution in [0.25, 0.3) is 0 Å². The smallest absolute Gasteiger partial charge is 0.231 e. The van der Waals surface area contributed by atoms with Crippen molar-refractivity contribution in [3.05, 3.63) is 23.5 Å². The van der Waals surface area contributed by atoms with Crippen molar-refractivity contribution in [1.82, 2.24) is 4.98 Å². The lowest BCUT2D eigenvalue weighted by atomic mass is 10.0. The van der Waals surface area contributed by atoms with Crippen molar-refractivity contribution in [2.75, 3.05) is 18.5 Å². The summed E-state index contributed by atoms with van der Waals surface area (Å²) in [6.45, 7) is 0.768. The summed E-state index contributed by atoms with van der Waals surface area (Å²) in [5.74, 6) is -0.504. The first-order chi connectivity index (χ1) is 7.68. The second kappa shape index (κ2) is 4.78. The van der Waals surface area contributed by atoms with Gasteiger partial charge in [0.1, 0.15) is 0 Å². The van der Waals surface area contributed by atoms with E-state index in [1.165, 1.54) is 0 Å². The molecule has 6 heteroatoms. The van der Waals surface area contributed by atoms with Gasteiger partial charge in [0.25, 0.3) is 0 Å². The lowest BCUT2D eigenvalue weighted by Gasteiger charge is -2.13. The van der Waals surface area contributed by atoms with Crippen molar-refractivity contribution in [1.29, 1.82) is 0 Å². The van der Waals surface area contributed by atoms with E-state index >= 15 is 0 Å². The van der Waals surface area contributed by atoms with E-state index in [1.807, 2.05) is 0 Å². The monoisotopic (exact) mass is 241 g/mol. The third-order valence-corrected chi connectivity index (χ3v) is 2.78. The Morgan fingerprint density at radius 1 is 1.62 bits per heavy atom. The molecule has 1 aliphatic heterocycles. The molecule has 16 heavy (non-hydrogen) atoms. The first kappa shape index (κ1) is 11.3. The van der Waals surface area contributed by atoms with Gasteiger partial charge in [-0.2, -0.15) is 0 Å². The van der Waals surface area contributed by atoms with E-state index in [0.717, 1.165) is 0 Å². The van der Waals surface area contributed by atoms with Crippen LogP contribution in [-0.4, -0.2) is 30.1 Å². The molecule has 0 aromatic carbocycles. The number of nitrogens with one attached hydrogen (secondary N) is 1. The largest absolute Gasteiger partial charge is 0.379 e. The zero-order valence-electron chi connectivity index (χ0n) is 8.52. The number of carbonyl (C=O) groups excluding carboxylic acids is 1. The number of halogens is 1. The predicted octanol–water partition coefficient (Wildman–Crippen LogP) is 0.647. The number of ether oxygens (including phenoxy) is 1. The first-order valence-electron chi connectivity index (χ1n) is 4.93. The van der Waals surface area contributed by atoms with Crippen molar-refractivity contribution < 1.29 is 9.53 Å². The average molecular weight is 242 g/mol. The maximum Gasteiger partial charge on any atom is 0.231 e. The van der Waals surface area contributed by atoms with E-state index < -0.39 is 0 Å². The zero-order valence-corrected chi connectivity index (χ0v) is 9.28. The van der Waals surface area contributed by atoms with Gasteiger partial charge in [-0.05, 0) is 12.1 Å². The number of hydrogen-bond acceptors (Lipinski definition) is 4. The third-order valence-electron chi connectivity index (χ3n) is 2.48. The van der Waals surface area contributed by atoms with Gasteiger partial charge in [0.2, 0.25) is 5.91 Å². The summed E-state index contributed by atoms with van der Waals surface area (Å²) >= 11 is 5.82. The predicted molar refractivity (Wildman–Crippen MR) is 60.2 cm³/mol. The fourth-order valence-corrected chi connectivity index (χ4v) is 1.71. The molecule has 2 heterocycles. The number of nitrogens with zero attached hydrogens (tertiary/aromatic N) is 1. The van der Waals surface area contributed by atoms with Crippen molar-refractivity contribution in [3.8, 4) is 0 Å². The highest BCUT2D eigenvalue weighted by Gasteiger charge is 2.31. The molecule has 2 unspecified atom stereocenters. The lowest BCUT2D eigenvalue weighted by molar-refractivity contribution is -0.120. The van der Waals surface area contributed by atoms with Crippen LogP contribution in [0.4, 0.5) is 5.69 Å². The summed E-state index contributed by atoms with van der Waals surface area (Å²) < 4.78 is 5.12. The quantitative estimate of drug-likeness (QED) is 0.746. The molecule has 2 atom stereocenters. The van der Waals surface area contributed by atoms with Gasteiger partial charge in [-0.1, -0.05) is 11.6 Å². The topological polar surface area (TPSA) is 77.2 Å². The molecule has 1 aromatic heterocycles. The summed E-state index contributed by atoms with van der Waals surface area (Å²) in [7, 11) is 0. The summed E-state index contributed by atoms with van der Waals surface area (Å²) in [5.41, 5.74) is 6.23. The Morgan fingerprint density at radius 2 is 2.44 bits per heavy atom. The minimum absolute atomic E-state index is 0.181. The Hall–Kier alpha value is -1.17. The van der Waals surface area contributed by atoms with Crippen molar-refractivity contribution in [2.24, 2.45) is 11.7 Å². The molecule has 1 aliphatic rings. The van der Waals surface area contributed by atoms with Gasteiger partial charge in [0.15, 0.2) is 5.15 Å². The third kappa shape index (κ3) is 2.32. The van der Waals surface area contributed by atoms with E-state index in [1.54, 1.807) is 18.3 Å². The highest BCUT2D eigenvalue weighted by Crippen LogP contribution is 2.20. The number of pyridine rings is 1. The summed E-state index contributed by atoms with van der Waals surface area (Å²) in [4.78, 5) is 15.7. The molecule has 0 radical (unpaired) electrons. The molecule has 1 fully saturated rings. The number of rotatable bonds is 2. The van der Waals surface area contributed by atoms with Crippen LogP contribution in [0, 0.1) is 5.92 Å². The standard InChI is InChI=1S/C10H12ClN3O2/c11-9-8(2-1-3-13-9)14-10(15)6-4-16-5-7(6)12/h1-3,6-7H,4-5,12H2,(H,14,15). The Kier molecular flexibility index (Phi) is 3.38. The number of hydrogen-bond donors (Lipinski definition) is 2. The maximum atomic E-state index is 11.8. The summed E-state index contributed by atoms with van der Waals surface area (Å²) in [6.07, 6.45) is 1.56. The first-order valence-corrected chi connectivity index (χ1v) is 5.31. The van der Waals surface area contributed by atoms with E-state index in [-0.39, 0.29) is 23.0 Å². The fourth-order valence-electron chi connectivity index (χ4n) is 1.55. The number of anilines is 1. The normalized spacial score (nSPS) is 24.4. The second-order valence-corrected chi connectivity index (χ2v) is 4.00. The van der Waals surface area contributed by atoms with Gasteiger partial charge in [-0.25, -0.2) is 4.98 Å². The number of carbonyl (C=O) groups is 1. The van der Waals surface area contributed by atoms with Crippen LogP contribution in [0.15, 0.2) is 18.3 Å². The fraction of sp³-hybridized carbons (Fsp3) is 0.400. The van der Waals surface area contributed by atoms with Gasteiger partial charge < -0.3 is 15.8 Å². The SMILES string of the molecule is NC1COCC1C(=O)Nc1cccnc1Cl. The summed E-state index contributed by atoms with van der Waals surface area (Å²) in [5, 5.41) is 2.96. The van der Waals surface area contributed by atoms with Crippen LogP contribution in [-0.2, 0) is 9.53 Å². The Bertz CT molecular complexity index is 399. The lowest BCUT2D eigenvalue weighted by Crippen LogP contribution is -2.37. The van der Waals surface area contributed by atoms with Crippen molar-refractivity contribution in [2.45, 2.75) is 6.04 Å². The molecule has 3 N–H and O–H groups in total. The zero-order chi connectivity index (χ0) is 11.5. The molecule has 1 saturated heterocycles. The molecule has 0 spiro atoms. The van der Waals surface area contributed by atoms with E-state index in [0.29, 0.717) is 18.9 Å². The molecule has 5 nitrogen and oxygen atoms in total. The molecule has 2 rings (SSSR count).